The monoisotopic (exact) mass is 276 g/mol. The van der Waals surface area contributed by atoms with Crippen LogP contribution in [0.3, 0.4) is 0 Å². The van der Waals surface area contributed by atoms with Crippen LogP contribution in [0.4, 0.5) is 11.4 Å². The van der Waals surface area contributed by atoms with E-state index in [1.807, 2.05) is 0 Å². The van der Waals surface area contributed by atoms with Crippen molar-refractivity contribution in [3.63, 3.8) is 0 Å². The third-order valence-corrected chi connectivity index (χ3v) is 3.40. The number of nitro groups is 1. The molecular formula is C14H16N2O4. The molecule has 2 rings (SSSR count). The second-order valence-electron chi connectivity index (χ2n) is 4.83. The molecule has 1 aromatic carbocycles. The van der Waals surface area contributed by atoms with E-state index in [0.717, 1.165) is 25.8 Å². The molecule has 106 valence electrons. The first-order valence-corrected chi connectivity index (χ1v) is 6.48. The Bertz CT molecular complexity index is 554. The molecule has 1 aromatic rings. The van der Waals surface area contributed by atoms with Crippen molar-refractivity contribution in [3.05, 3.63) is 46.0 Å². The first kappa shape index (κ1) is 14.0. The molecule has 0 bridgehead atoms. The molecule has 0 saturated carbocycles. The van der Waals surface area contributed by atoms with E-state index in [9.17, 15) is 14.9 Å². The van der Waals surface area contributed by atoms with Gasteiger partial charge in [-0.25, -0.2) is 4.79 Å². The van der Waals surface area contributed by atoms with Crippen LogP contribution in [0.2, 0.25) is 0 Å². The van der Waals surface area contributed by atoms with Crippen LogP contribution in [0.5, 0.6) is 0 Å². The second kappa shape index (κ2) is 6.18. The molecule has 0 spiro atoms. The SMILES string of the molecule is O=C(O)c1cc(NCC2CC=CCC2)ccc1[N+](=O)[O-]. The molecule has 1 aliphatic carbocycles. The van der Waals surface area contributed by atoms with Crippen LogP contribution in [-0.2, 0) is 0 Å². The molecule has 0 fully saturated rings. The number of carboxylic acid groups (broad SMARTS) is 1. The van der Waals surface area contributed by atoms with E-state index in [1.165, 1.54) is 12.1 Å². The molecular weight excluding hydrogens is 260 g/mol. The maximum atomic E-state index is 11.0. The minimum Gasteiger partial charge on any atom is -0.477 e. The summed E-state index contributed by atoms with van der Waals surface area (Å²) in [4.78, 5) is 21.1. The number of aromatic carboxylic acids is 1. The summed E-state index contributed by atoms with van der Waals surface area (Å²) in [5, 5.41) is 22.9. The Hall–Kier alpha value is -2.37. The van der Waals surface area contributed by atoms with Crippen LogP contribution in [-0.4, -0.2) is 22.5 Å². The molecule has 20 heavy (non-hydrogen) atoms. The topological polar surface area (TPSA) is 92.5 Å². The molecule has 2 N–H and O–H groups in total. The number of hydrogen-bond donors (Lipinski definition) is 2. The van der Waals surface area contributed by atoms with Gasteiger partial charge >= 0.3 is 5.97 Å². The number of rotatable bonds is 5. The summed E-state index contributed by atoms with van der Waals surface area (Å²) in [5.74, 6) is -0.774. The smallest absolute Gasteiger partial charge is 0.342 e. The number of nitro benzene ring substituents is 1. The maximum absolute atomic E-state index is 11.0. The van der Waals surface area contributed by atoms with Crippen molar-refractivity contribution in [2.75, 3.05) is 11.9 Å². The predicted molar refractivity (Wildman–Crippen MR) is 75.0 cm³/mol. The Morgan fingerprint density at radius 2 is 2.25 bits per heavy atom. The van der Waals surface area contributed by atoms with Crippen molar-refractivity contribution in [1.29, 1.82) is 0 Å². The molecule has 0 radical (unpaired) electrons. The van der Waals surface area contributed by atoms with Gasteiger partial charge in [-0.3, -0.25) is 10.1 Å². The molecule has 1 aliphatic rings. The zero-order valence-electron chi connectivity index (χ0n) is 10.9. The van der Waals surface area contributed by atoms with Gasteiger partial charge in [0, 0.05) is 18.3 Å². The van der Waals surface area contributed by atoms with Crippen LogP contribution in [0, 0.1) is 16.0 Å². The van der Waals surface area contributed by atoms with E-state index in [-0.39, 0.29) is 11.3 Å². The lowest BCUT2D eigenvalue weighted by Crippen LogP contribution is -2.15. The number of carboxylic acids is 1. The third-order valence-electron chi connectivity index (χ3n) is 3.40. The summed E-state index contributed by atoms with van der Waals surface area (Å²) in [6, 6.07) is 4.09. The standard InChI is InChI=1S/C14H16N2O4/c17-14(18)12-8-11(6-7-13(12)16(19)20)15-9-10-4-2-1-3-5-10/h1-2,6-8,10,15H,3-5,9H2,(H,17,18). The Balaban J connectivity index is 2.08. The predicted octanol–water partition coefficient (Wildman–Crippen LogP) is 3.06. The van der Waals surface area contributed by atoms with Gasteiger partial charge in [0.1, 0.15) is 5.56 Å². The minimum absolute atomic E-state index is 0.288. The van der Waals surface area contributed by atoms with Gasteiger partial charge < -0.3 is 10.4 Å². The summed E-state index contributed by atoms with van der Waals surface area (Å²) >= 11 is 0. The van der Waals surface area contributed by atoms with E-state index in [4.69, 9.17) is 5.11 Å². The van der Waals surface area contributed by atoms with Gasteiger partial charge in [0.2, 0.25) is 0 Å². The molecule has 0 amide bonds. The van der Waals surface area contributed by atoms with Crippen LogP contribution < -0.4 is 5.32 Å². The van der Waals surface area contributed by atoms with Gasteiger partial charge in [-0.15, -0.1) is 0 Å². The summed E-state index contributed by atoms with van der Waals surface area (Å²) in [7, 11) is 0. The highest BCUT2D eigenvalue weighted by Gasteiger charge is 2.20. The van der Waals surface area contributed by atoms with Crippen molar-refractivity contribution < 1.29 is 14.8 Å². The summed E-state index contributed by atoms with van der Waals surface area (Å²) in [6.07, 6.45) is 7.47. The lowest BCUT2D eigenvalue weighted by Gasteiger charge is -2.18. The van der Waals surface area contributed by atoms with E-state index >= 15 is 0 Å². The minimum atomic E-state index is -1.29. The van der Waals surface area contributed by atoms with Gasteiger partial charge in [0.05, 0.1) is 4.92 Å². The van der Waals surface area contributed by atoms with E-state index in [2.05, 4.69) is 17.5 Å². The lowest BCUT2D eigenvalue weighted by atomic mass is 9.94. The Morgan fingerprint density at radius 1 is 1.45 bits per heavy atom. The van der Waals surface area contributed by atoms with E-state index in [0.29, 0.717) is 11.6 Å². The highest BCUT2D eigenvalue weighted by Crippen LogP contribution is 2.24. The average molecular weight is 276 g/mol. The van der Waals surface area contributed by atoms with Gasteiger partial charge in [-0.2, -0.15) is 0 Å². The summed E-state index contributed by atoms with van der Waals surface area (Å²) in [6.45, 7) is 0.737. The number of allylic oxidation sites excluding steroid dienone is 2. The number of hydrogen-bond acceptors (Lipinski definition) is 4. The van der Waals surface area contributed by atoms with Crippen LogP contribution in [0.25, 0.3) is 0 Å². The molecule has 0 aromatic heterocycles. The van der Waals surface area contributed by atoms with Crippen molar-refractivity contribution in [2.24, 2.45) is 5.92 Å². The maximum Gasteiger partial charge on any atom is 0.342 e. The number of benzene rings is 1. The Morgan fingerprint density at radius 3 is 2.85 bits per heavy atom. The number of carbonyl (C=O) groups is 1. The third kappa shape index (κ3) is 3.34. The lowest BCUT2D eigenvalue weighted by molar-refractivity contribution is -0.385. The van der Waals surface area contributed by atoms with Crippen molar-refractivity contribution in [3.8, 4) is 0 Å². The van der Waals surface area contributed by atoms with E-state index in [1.54, 1.807) is 6.07 Å². The van der Waals surface area contributed by atoms with E-state index < -0.39 is 10.9 Å². The quantitative estimate of drug-likeness (QED) is 0.490. The zero-order valence-corrected chi connectivity index (χ0v) is 10.9. The normalized spacial score (nSPS) is 17.7. The second-order valence-corrected chi connectivity index (χ2v) is 4.83. The van der Waals surface area contributed by atoms with Gasteiger partial charge in [-0.1, -0.05) is 12.2 Å². The van der Waals surface area contributed by atoms with Gasteiger partial charge in [0.25, 0.3) is 5.69 Å². The highest BCUT2D eigenvalue weighted by molar-refractivity contribution is 5.93. The fourth-order valence-electron chi connectivity index (χ4n) is 2.28. The van der Waals surface area contributed by atoms with Crippen LogP contribution in [0.15, 0.2) is 30.4 Å². The molecule has 0 aliphatic heterocycles. The fraction of sp³-hybridized carbons (Fsp3) is 0.357. The fourth-order valence-corrected chi connectivity index (χ4v) is 2.28. The first-order valence-electron chi connectivity index (χ1n) is 6.48. The number of nitrogens with one attached hydrogen (secondary N) is 1. The Labute approximate surface area is 116 Å². The van der Waals surface area contributed by atoms with Crippen molar-refractivity contribution in [2.45, 2.75) is 19.3 Å². The van der Waals surface area contributed by atoms with Crippen molar-refractivity contribution >= 4 is 17.3 Å². The van der Waals surface area contributed by atoms with Crippen molar-refractivity contribution in [1.82, 2.24) is 0 Å². The largest absolute Gasteiger partial charge is 0.477 e. The molecule has 1 unspecified atom stereocenters. The molecule has 0 saturated heterocycles. The zero-order chi connectivity index (χ0) is 14.5. The number of anilines is 1. The summed E-state index contributed by atoms with van der Waals surface area (Å²) < 4.78 is 0. The first-order chi connectivity index (χ1) is 9.58. The average Bonchev–Trinajstić information content (AvgIpc) is 2.45. The number of nitrogens with zero attached hydrogens (tertiary/aromatic N) is 1. The van der Waals surface area contributed by atoms with Gasteiger partial charge in [0.15, 0.2) is 0 Å². The molecule has 1 atom stereocenters. The van der Waals surface area contributed by atoms with Crippen LogP contribution >= 0.6 is 0 Å². The van der Waals surface area contributed by atoms with Crippen LogP contribution in [0.1, 0.15) is 29.6 Å². The molecule has 0 heterocycles. The Kier molecular flexibility index (Phi) is 4.34. The molecule has 6 heteroatoms. The summed E-state index contributed by atoms with van der Waals surface area (Å²) in [5.41, 5.74) is -0.0743. The highest BCUT2D eigenvalue weighted by atomic mass is 16.6. The van der Waals surface area contributed by atoms with Gasteiger partial charge in [-0.05, 0) is 37.3 Å². The molecule has 6 nitrogen and oxygen atoms in total.